The molecule has 0 aliphatic carbocycles. The second kappa shape index (κ2) is 4.51. The van der Waals surface area contributed by atoms with Crippen molar-refractivity contribution in [2.24, 2.45) is 0 Å². The van der Waals surface area contributed by atoms with Gasteiger partial charge in [-0.1, -0.05) is 6.58 Å². The first kappa shape index (κ1) is 11.1. The smallest absolute Gasteiger partial charge is 0.130 e. The van der Waals surface area contributed by atoms with E-state index in [9.17, 15) is 5.11 Å². The van der Waals surface area contributed by atoms with E-state index in [4.69, 9.17) is 4.74 Å². The molecule has 0 bridgehead atoms. The summed E-state index contributed by atoms with van der Waals surface area (Å²) in [6.45, 7) is 8.16. The maximum atomic E-state index is 9.55. The number of aryl methyl sites for hydroxylation is 1. The second-order valence-electron chi connectivity index (χ2n) is 2.98. The molecule has 0 radical (unpaired) electrons. The van der Waals surface area contributed by atoms with Crippen LogP contribution in [0.1, 0.15) is 18.1 Å². The molecule has 1 rings (SSSR count). The van der Waals surface area contributed by atoms with Crippen LogP contribution in [0.3, 0.4) is 0 Å². The van der Waals surface area contributed by atoms with Gasteiger partial charge in [0.2, 0.25) is 0 Å². The third-order valence-electron chi connectivity index (χ3n) is 1.88. The summed E-state index contributed by atoms with van der Waals surface area (Å²) >= 11 is 3.28. The van der Waals surface area contributed by atoms with Crippen LogP contribution in [0, 0.1) is 6.92 Å². The Hall–Kier alpha value is -0.960. The summed E-state index contributed by atoms with van der Waals surface area (Å²) in [6.07, 6.45) is 0. The molecule has 1 aromatic rings. The molecule has 0 amide bonds. The van der Waals surface area contributed by atoms with E-state index >= 15 is 0 Å². The highest BCUT2D eigenvalue weighted by Crippen LogP contribution is 2.31. The van der Waals surface area contributed by atoms with E-state index < -0.39 is 0 Å². The standard InChI is InChI=1S/C11H13BrO2/c1-4-14-8(3)9-5-7(2)11(12)10(13)6-9/h5-6,13H,3-4H2,1-2H3. The maximum absolute atomic E-state index is 9.55. The predicted octanol–water partition coefficient (Wildman–Crippen LogP) is 3.47. The number of phenols is 1. The summed E-state index contributed by atoms with van der Waals surface area (Å²) in [5.41, 5.74) is 1.77. The monoisotopic (exact) mass is 256 g/mol. The SMILES string of the molecule is C=C(OCC)c1cc(C)c(Br)c(O)c1. The quantitative estimate of drug-likeness (QED) is 0.840. The van der Waals surface area contributed by atoms with Gasteiger partial charge in [-0.05, 0) is 47.5 Å². The normalized spacial score (nSPS) is 9.93. The van der Waals surface area contributed by atoms with Crippen molar-refractivity contribution >= 4 is 21.7 Å². The molecule has 0 aliphatic rings. The molecule has 0 fully saturated rings. The summed E-state index contributed by atoms with van der Waals surface area (Å²) in [4.78, 5) is 0. The third kappa shape index (κ3) is 2.29. The van der Waals surface area contributed by atoms with E-state index in [0.717, 1.165) is 11.1 Å². The molecule has 0 unspecified atom stereocenters. The van der Waals surface area contributed by atoms with Gasteiger partial charge in [-0.2, -0.15) is 0 Å². The van der Waals surface area contributed by atoms with Crippen LogP contribution in [0.25, 0.3) is 5.76 Å². The van der Waals surface area contributed by atoms with Crippen molar-refractivity contribution in [2.75, 3.05) is 6.61 Å². The Kier molecular flexibility index (Phi) is 3.58. The van der Waals surface area contributed by atoms with Crippen molar-refractivity contribution in [3.05, 3.63) is 34.3 Å². The Bertz CT molecular complexity index is 335. The lowest BCUT2D eigenvalue weighted by molar-refractivity contribution is 0.299. The minimum atomic E-state index is 0.209. The minimum absolute atomic E-state index is 0.209. The molecule has 0 saturated carbocycles. The molecular weight excluding hydrogens is 244 g/mol. The number of ether oxygens (including phenoxy) is 1. The number of rotatable bonds is 3. The number of benzene rings is 1. The van der Waals surface area contributed by atoms with Crippen molar-refractivity contribution in [3.63, 3.8) is 0 Å². The summed E-state index contributed by atoms with van der Waals surface area (Å²) < 4.78 is 5.97. The van der Waals surface area contributed by atoms with Crippen LogP contribution in [0.15, 0.2) is 23.2 Å². The molecule has 0 heterocycles. The van der Waals surface area contributed by atoms with Crippen LogP contribution in [0.4, 0.5) is 0 Å². The third-order valence-corrected chi connectivity index (χ3v) is 2.91. The number of hydrogen-bond donors (Lipinski definition) is 1. The topological polar surface area (TPSA) is 29.5 Å². The van der Waals surface area contributed by atoms with E-state index in [1.807, 2.05) is 19.9 Å². The van der Waals surface area contributed by atoms with E-state index in [0.29, 0.717) is 16.8 Å². The highest BCUT2D eigenvalue weighted by molar-refractivity contribution is 9.10. The second-order valence-corrected chi connectivity index (χ2v) is 3.78. The molecular formula is C11H13BrO2. The van der Waals surface area contributed by atoms with Crippen LogP contribution in [0.2, 0.25) is 0 Å². The Labute approximate surface area is 92.3 Å². The maximum Gasteiger partial charge on any atom is 0.130 e. The molecule has 1 N–H and O–H groups in total. The van der Waals surface area contributed by atoms with Gasteiger partial charge in [0, 0.05) is 5.56 Å². The number of aromatic hydroxyl groups is 1. The number of halogens is 1. The molecule has 0 aromatic heterocycles. The van der Waals surface area contributed by atoms with E-state index in [1.165, 1.54) is 0 Å². The van der Waals surface area contributed by atoms with Crippen LogP contribution in [-0.4, -0.2) is 11.7 Å². The fourth-order valence-corrected chi connectivity index (χ4v) is 1.40. The average molecular weight is 257 g/mol. The van der Waals surface area contributed by atoms with Gasteiger partial charge < -0.3 is 9.84 Å². The van der Waals surface area contributed by atoms with Crippen molar-refractivity contribution < 1.29 is 9.84 Å². The molecule has 76 valence electrons. The van der Waals surface area contributed by atoms with Crippen molar-refractivity contribution in [3.8, 4) is 5.75 Å². The van der Waals surface area contributed by atoms with Crippen LogP contribution < -0.4 is 0 Å². The summed E-state index contributed by atoms with van der Waals surface area (Å²) in [6, 6.07) is 3.55. The molecule has 0 aliphatic heterocycles. The van der Waals surface area contributed by atoms with Crippen LogP contribution >= 0.6 is 15.9 Å². The van der Waals surface area contributed by atoms with E-state index in [-0.39, 0.29) is 5.75 Å². The Morgan fingerprint density at radius 2 is 2.21 bits per heavy atom. The fraction of sp³-hybridized carbons (Fsp3) is 0.273. The molecule has 0 saturated heterocycles. The highest BCUT2D eigenvalue weighted by atomic mass is 79.9. The van der Waals surface area contributed by atoms with Crippen molar-refractivity contribution in [2.45, 2.75) is 13.8 Å². The zero-order valence-corrected chi connectivity index (χ0v) is 9.89. The highest BCUT2D eigenvalue weighted by Gasteiger charge is 2.07. The average Bonchev–Trinajstić information content (AvgIpc) is 2.13. The predicted molar refractivity (Wildman–Crippen MR) is 61.2 cm³/mol. The summed E-state index contributed by atoms with van der Waals surface area (Å²) in [5.74, 6) is 0.791. The Morgan fingerprint density at radius 3 is 2.71 bits per heavy atom. The lowest BCUT2D eigenvalue weighted by atomic mass is 10.1. The molecule has 2 nitrogen and oxygen atoms in total. The van der Waals surface area contributed by atoms with E-state index in [2.05, 4.69) is 22.5 Å². The van der Waals surface area contributed by atoms with Gasteiger partial charge in [0.05, 0.1) is 11.1 Å². The molecule has 1 aromatic carbocycles. The van der Waals surface area contributed by atoms with Crippen molar-refractivity contribution in [1.29, 1.82) is 0 Å². The zero-order chi connectivity index (χ0) is 10.7. The van der Waals surface area contributed by atoms with Crippen LogP contribution in [0.5, 0.6) is 5.75 Å². The van der Waals surface area contributed by atoms with Gasteiger partial charge in [0.1, 0.15) is 11.5 Å². The lowest BCUT2D eigenvalue weighted by Crippen LogP contribution is -1.91. The zero-order valence-electron chi connectivity index (χ0n) is 8.30. The van der Waals surface area contributed by atoms with Gasteiger partial charge in [-0.25, -0.2) is 0 Å². The largest absolute Gasteiger partial charge is 0.507 e. The number of hydrogen-bond acceptors (Lipinski definition) is 2. The molecule has 3 heteroatoms. The lowest BCUT2D eigenvalue weighted by Gasteiger charge is -2.09. The van der Waals surface area contributed by atoms with Gasteiger partial charge in [-0.3, -0.25) is 0 Å². The Morgan fingerprint density at radius 1 is 1.57 bits per heavy atom. The Balaban J connectivity index is 3.06. The first-order chi connectivity index (χ1) is 6.56. The number of phenolic OH excluding ortho intramolecular Hbond substituents is 1. The van der Waals surface area contributed by atoms with Gasteiger partial charge >= 0.3 is 0 Å². The van der Waals surface area contributed by atoms with Gasteiger partial charge in [-0.15, -0.1) is 0 Å². The van der Waals surface area contributed by atoms with Crippen LogP contribution in [-0.2, 0) is 4.74 Å². The molecule has 14 heavy (non-hydrogen) atoms. The minimum Gasteiger partial charge on any atom is -0.507 e. The van der Waals surface area contributed by atoms with Crippen molar-refractivity contribution in [1.82, 2.24) is 0 Å². The first-order valence-electron chi connectivity index (χ1n) is 4.37. The van der Waals surface area contributed by atoms with Gasteiger partial charge in [0.25, 0.3) is 0 Å². The molecule has 0 spiro atoms. The summed E-state index contributed by atoms with van der Waals surface area (Å²) in [5, 5.41) is 9.55. The first-order valence-corrected chi connectivity index (χ1v) is 5.16. The summed E-state index contributed by atoms with van der Waals surface area (Å²) in [7, 11) is 0. The fourth-order valence-electron chi connectivity index (χ4n) is 1.17. The molecule has 0 atom stereocenters. The van der Waals surface area contributed by atoms with Gasteiger partial charge in [0.15, 0.2) is 0 Å². The van der Waals surface area contributed by atoms with E-state index in [1.54, 1.807) is 6.07 Å².